The number of phenolic OH excluding ortho intramolecular Hbond substituents is 2. The fraction of sp³-hybridized carbons (Fsp3) is 0.333. The highest BCUT2D eigenvalue weighted by Crippen LogP contribution is 2.35. The molecule has 23 heavy (non-hydrogen) atoms. The molecule has 2 N–H and O–H groups in total. The number of nitro benzene ring substituents is 1. The van der Waals surface area contributed by atoms with Crippen molar-refractivity contribution in [2.45, 2.75) is 20.8 Å². The molecule has 1 amide bonds. The zero-order chi connectivity index (χ0) is 18.2. The second kappa shape index (κ2) is 9.04. The van der Waals surface area contributed by atoms with Crippen LogP contribution in [0.1, 0.15) is 19.4 Å². The lowest BCUT2D eigenvalue weighted by Gasteiger charge is -2.16. The van der Waals surface area contributed by atoms with Gasteiger partial charge in [-0.2, -0.15) is 5.26 Å². The predicted molar refractivity (Wildman–Crippen MR) is 83.8 cm³/mol. The van der Waals surface area contributed by atoms with E-state index in [-0.39, 0.29) is 11.5 Å². The van der Waals surface area contributed by atoms with Crippen molar-refractivity contribution in [3.8, 4) is 17.6 Å². The fourth-order valence-electron chi connectivity index (χ4n) is 1.63. The summed E-state index contributed by atoms with van der Waals surface area (Å²) in [7, 11) is 0. The van der Waals surface area contributed by atoms with Gasteiger partial charge in [-0.25, -0.2) is 0 Å². The van der Waals surface area contributed by atoms with Crippen LogP contribution in [0.3, 0.4) is 0 Å². The maximum Gasteiger partial charge on any atom is 0.314 e. The summed E-state index contributed by atoms with van der Waals surface area (Å²) in [4.78, 5) is 22.2. The monoisotopic (exact) mass is 321 g/mol. The van der Waals surface area contributed by atoms with Crippen molar-refractivity contribution in [3.63, 3.8) is 0 Å². The molecule has 1 aromatic rings. The first-order chi connectivity index (χ1) is 10.7. The van der Waals surface area contributed by atoms with Crippen LogP contribution in [0.25, 0.3) is 0 Å². The molecule has 0 fully saturated rings. The number of rotatable bonds is 4. The summed E-state index contributed by atoms with van der Waals surface area (Å²) in [6, 6.07) is 4.17. The summed E-state index contributed by atoms with van der Waals surface area (Å²) in [5, 5.41) is 36.6. The molecule has 0 heterocycles. The zero-order valence-electron chi connectivity index (χ0n) is 13.2. The van der Waals surface area contributed by atoms with E-state index in [4.69, 9.17) is 15.5 Å². The van der Waals surface area contributed by atoms with E-state index < -0.39 is 22.1 Å². The standard InChI is InChI=1S/C8H12N2O.C7H7NO4/c1-4-10(5-2)8(11)7(3)6-9;1-4-2-5(8(11)12)7(10)6(9)3-4/h3-5H2,1-2H3;2-3,9-10H,1H3. The first-order valence-electron chi connectivity index (χ1n) is 6.74. The molecule has 0 aliphatic heterocycles. The van der Waals surface area contributed by atoms with Crippen molar-refractivity contribution < 1.29 is 19.9 Å². The smallest absolute Gasteiger partial charge is 0.314 e. The van der Waals surface area contributed by atoms with Crippen molar-refractivity contribution in [2.75, 3.05) is 13.1 Å². The van der Waals surface area contributed by atoms with Gasteiger partial charge in [-0.1, -0.05) is 6.58 Å². The average molecular weight is 321 g/mol. The van der Waals surface area contributed by atoms with Gasteiger partial charge >= 0.3 is 5.69 Å². The van der Waals surface area contributed by atoms with Gasteiger partial charge in [0.15, 0.2) is 5.75 Å². The van der Waals surface area contributed by atoms with Crippen LogP contribution in [-0.4, -0.2) is 39.0 Å². The normalized spacial score (nSPS) is 9.13. The Morgan fingerprint density at radius 2 is 1.91 bits per heavy atom. The van der Waals surface area contributed by atoms with E-state index in [1.807, 2.05) is 13.8 Å². The summed E-state index contributed by atoms with van der Waals surface area (Å²) in [6.45, 7) is 9.90. The number of likely N-dealkylation sites (N-methyl/N-ethyl adjacent to an activating group) is 1. The topological polar surface area (TPSA) is 128 Å². The lowest BCUT2D eigenvalue weighted by molar-refractivity contribution is -0.386. The van der Waals surface area contributed by atoms with E-state index in [1.165, 1.54) is 12.1 Å². The number of phenols is 2. The third kappa shape index (κ3) is 5.67. The lowest BCUT2D eigenvalue weighted by atomic mass is 10.2. The maximum atomic E-state index is 11.1. The largest absolute Gasteiger partial charge is 0.504 e. The number of hydrogen-bond donors (Lipinski definition) is 2. The van der Waals surface area contributed by atoms with Crippen molar-refractivity contribution in [3.05, 3.63) is 40.0 Å². The molecule has 0 atom stereocenters. The number of nitrogens with zero attached hydrogens (tertiary/aromatic N) is 3. The average Bonchev–Trinajstić information content (AvgIpc) is 2.51. The Bertz CT molecular complexity index is 645. The van der Waals surface area contributed by atoms with Crippen LogP contribution in [0.15, 0.2) is 24.3 Å². The molecule has 0 aromatic heterocycles. The highest BCUT2D eigenvalue weighted by molar-refractivity contribution is 5.96. The van der Waals surface area contributed by atoms with E-state index in [2.05, 4.69) is 6.58 Å². The first kappa shape index (κ1) is 19.9. The van der Waals surface area contributed by atoms with E-state index in [0.29, 0.717) is 18.7 Å². The van der Waals surface area contributed by atoms with Crippen LogP contribution in [0.4, 0.5) is 5.69 Å². The fourth-order valence-corrected chi connectivity index (χ4v) is 1.63. The van der Waals surface area contributed by atoms with E-state index in [1.54, 1.807) is 17.9 Å². The van der Waals surface area contributed by atoms with Crippen LogP contribution in [0.2, 0.25) is 0 Å². The summed E-state index contributed by atoms with van der Waals surface area (Å²) >= 11 is 0. The van der Waals surface area contributed by atoms with Crippen molar-refractivity contribution >= 4 is 11.6 Å². The number of aryl methyl sites for hydroxylation is 1. The summed E-state index contributed by atoms with van der Waals surface area (Å²) in [5.41, 5.74) is 0.0539. The molecule has 0 spiro atoms. The molecule has 0 aliphatic rings. The molecule has 1 aromatic carbocycles. The van der Waals surface area contributed by atoms with E-state index in [9.17, 15) is 14.9 Å². The van der Waals surface area contributed by atoms with Crippen molar-refractivity contribution in [2.24, 2.45) is 0 Å². The van der Waals surface area contributed by atoms with Crippen molar-refractivity contribution in [1.82, 2.24) is 4.90 Å². The lowest BCUT2D eigenvalue weighted by Crippen LogP contribution is -2.30. The maximum absolute atomic E-state index is 11.1. The van der Waals surface area contributed by atoms with Crippen LogP contribution >= 0.6 is 0 Å². The van der Waals surface area contributed by atoms with Gasteiger partial charge in [-0.3, -0.25) is 14.9 Å². The SMILES string of the molecule is C=C(C#N)C(=O)N(CC)CC.Cc1cc(O)c(O)c([N+](=O)[O-])c1. The van der Waals surface area contributed by atoms with E-state index in [0.717, 1.165) is 0 Å². The predicted octanol–water partition coefficient (Wildman–Crippen LogP) is 2.25. The molecule has 0 saturated heterocycles. The quantitative estimate of drug-likeness (QED) is 0.288. The molecular weight excluding hydrogens is 302 g/mol. The summed E-state index contributed by atoms with van der Waals surface area (Å²) in [5.74, 6) is -1.43. The molecular formula is C15H19N3O5. The van der Waals surface area contributed by atoms with Gasteiger partial charge in [-0.15, -0.1) is 0 Å². The van der Waals surface area contributed by atoms with Gasteiger partial charge in [0.2, 0.25) is 5.75 Å². The summed E-state index contributed by atoms with van der Waals surface area (Å²) < 4.78 is 0. The van der Waals surface area contributed by atoms with Crippen LogP contribution in [-0.2, 0) is 4.79 Å². The molecule has 0 saturated carbocycles. The molecule has 0 aliphatic carbocycles. The Balaban J connectivity index is 0.000000423. The number of nitriles is 1. The van der Waals surface area contributed by atoms with Crippen LogP contribution in [0.5, 0.6) is 11.5 Å². The third-order valence-corrected chi connectivity index (χ3v) is 2.85. The number of amides is 1. The minimum Gasteiger partial charge on any atom is -0.504 e. The minimum atomic E-state index is -0.748. The van der Waals surface area contributed by atoms with Gasteiger partial charge in [0.25, 0.3) is 5.91 Å². The third-order valence-electron chi connectivity index (χ3n) is 2.85. The molecule has 0 unspecified atom stereocenters. The number of nitro groups is 1. The molecule has 8 heteroatoms. The van der Waals surface area contributed by atoms with Crippen LogP contribution < -0.4 is 0 Å². The van der Waals surface area contributed by atoms with Gasteiger partial charge in [0, 0.05) is 19.2 Å². The molecule has 0 bridgehead atoms. The number of carbonyl (C=O) groups is 1. The number of aromatic hydroxyl groups is 2. The Kier molecular flexibility index (Phi) is 7.83. The van der Waals surface area contributed by atoms with Gasteiger partial charge < -0.3 is 15.1 Å². The van der Waals surface area contributed by atoms with Gasteiger partial charge in [0.1, 0.15) is 11.6 Å². The first-order valence-corrected chi connectivity index (χ1v) is 6.74. The second-order valence-corrected chi connectivity index (χ2v) is 4.48. The number of hydrogen-bond acceptors (Lipinski definition) is 6. The second-order valence-electron chi connectivity index (χ2n) is 4.48. The summed E-state index contributed by atoms with van der Waals surface area (Å²) in [6.07, 6.45) is 0. The van der Waals surface area contributed by atoms with E-state index >= 15 is 0 Å². The highest BCUT2D eigenvalue weighted by atomic mass is 16.6. The molecule has 124 valence electrons. The molecule has 8 nitrogen and oxygen atoms in total. The molecule has 0 radical (unpaired) electrons. The highest BCUT2D eigenvalue weighted by Gasteiger charge is 2.17. The Hall–Kier alpha value is -3.08. The van der Waals surface area contributed by atoms with Crippen LogP contribution in [0, 0.1) is 28.4 Å². The van der Waals surface area contributed by atoms with Crippen molar-refractivity contribution in [1.29, 1.82) is 5.26 Å². The molecule has 1 rings (SSSR count). The zero-order valence-corrected chi connectivity index (χ0v) is 13.2. The minimum absolute atomic E-state index is 0.00806. The number of carbonyl (C=O) groups excluding carboxylic acids is 1. The Morgan fingerprint density at radius 3 is 2.30 bits per heavy atom. The van der Waals surface area contributed by atoms with Gasteiger partial charge in [0.05, 0.1) is 4.92 Å². The van der Waals surface area contributed by atoms with Gasteiger partial charge in [-0.05, 0) is 32.4 Å². The number of benzene rings is 1. The Labute approximate surface area is 134 Å². The Morgan fingerprint density at radius 1 is 1.39 bits per heavy atom.